The molecule has 1 aliphatic rings. The number of hydrogen-bond acceptors (Lipinski definition) is 4. The summed E-state index contributed by atoms with van der Waals surface area (Å²) in [5.41, 5.74) is 1.16. The van der Waals surface area contributed by atoms with Gasteiger partial charge in [0.1, 0.15) is 0 Å². The summed E-state index contributed by atoms with van der Waals surface area (Å²) in [6.45, 7) is 5.03. The first-order valence-corrected chi connectivity index (χ1v) is 6.75. The van der Waals surface area contributed by atoms with Crippen molar-refractivity contribution in [2.75, 3.05) is 13.7 Å². The molecular weight excluding hydrogens is 220 g/mol. The molecule has 1 N–H and O–H groups in total. The maximum Gasteiger partial charge on any atom is 0.0898 e. The number of rotatable bonds is 6. The third-order valence-electron chi connectivity index (χ3n) is 3.08. The van der Waals surface area contributed by atoms with E-state index in [1.165, 1.54) is 12.8 Å². The highest BCUT2D eigenvalue weighted by Crippen LogP contribution is 2.33. The van der Waals surface area contributed by atoms with Crippen molar-refractivity contribution in [3.8, 4) is 0 Å². The molecule has 0 amide bonds. The first-order chi connectivity index (χ1) is 7.70. The minimum absolute atomic E-state index is 0.325. The number of aryl methyl sites for hydroxylation is 1. The average Bonchev–Trinajstić information content (AvgIpc) is 3.00. The quantitative estimate of drug-likeness (QED) is 0.829. The maximum atomic E-state index is 5.27. The van der Waals surface area contributed by atoms with Crippen molar-refractivity contribution in [3.63, 3.8) is 0 Å². The van der Waals surface area contributed by atoms with Gasteiger partial charge < -0.3 is 10.1 Å². The molecule has 2 rings (SSSR count). The lowest BCUT2D eigenvalue weighted by Gasteiger charge is -2.21. The summed E-state index contributed by atoms with van der Waals surface area (Å²) in [6.07, 6.45) is 2.67. The van der Waals surface area contributed by atoms with Crippen molar-refractivity contribution < 1.29 is 4.74 Å². The van der Waals surface area contributed by atoms with Gasteiger partial charge in [0.2, 0.25) is 0 Å². The topological polar surface area (TPSA) is 34.1 Å². The fraction of sp³-hybridized carbons (Fsp3) is 0.750. The lowest BCUT2D eigenvalue weighted by molar-refractivity contribution is 0.152. The number of hydrogen-bond donors (Lipinski definition) is 1. The molecule has 0 aliphatic heterocycles. The molecule has 1 aliphatic carbocycles. The van der Waals surface area contributed by atoms with E-state index >= 15 is 0 Å². The fourth-order valence-electron chi connectivity index (χ4n) is 1.98. The van der Waals surface area contributed by atoms with Gasteiger partial charge >= 0.3 is 0 Å². The number of nitrogens with one attached hydrogen (secondary N) is 1. The summed E-state index contributed by atoms with van der Waals surface area (Å²) in [7, 11) is 1.77. The van der Waals surface area contributed by atoms with Crippen LogP contribution in [0.2, 0.25) is 0 Å². The highest BCUT2D eigenvalue weighted by molar-refractivity contribution is 7.09. The molecule has 4 heteroatoms. The van der Waals surface area contributed by atoms with E-state index in [9.17, 15) is 0 Å². The van der Waals surface area contributed by atoms with Crippen molar-refractivity contribution in [1.29, 1.82) is 0 Å². The number of thiazole rings is 1. The summed E-state index contributed by atoms with van der Waals surface area (Å²) in [6, 6.07) is 0.813. The lowest BCUT2D eigenvalue weighted by Crippen LogP contribution is -2.37. The molecule has 16 heavy (non-hydrogen) atoms. The molecule has 0 spiro atoms. The van der Waals surface area contributed by atoms with E-state index in [1.54, 1.807) is 18.4 Å². The second-order valence-corrected chi connectivity index (χ2v) is 5.64. The van der Waals surface area contributed by atoms with E-state index < -0.39 is 0 Å². The van der Waals surface area contributed by atoms with Crippen LogP contribution in [0.25, 0.3) is 0 Å². The van der Waals surface area contributed by atoms with Gasteiger partial charge in [-0.1, -0.05) is 0 Å². The monoisotopic (exact) mass is 240 g/mol. The third-order valence-corrected chi connectivity index (χ3v) is 3.87. The Morgan fingerprint density at radius 2 is 2.38 bits per heavy atom. The highest BCUT2D eigenvalue weighted by atomic mass is 32.1. The SMILES string of the molecule is COCC(NC(C)c1csc(C)n1)C1CC1. The van der Waals surface area contributed by atoms with Crippen LogP contribution in [-0.4, -0.2) is 24.7 Å². The van der Waals surface area contributed by atoms with Crippen LogP contribution < -0.4 is 5.32 Å². The Morgan fingerprint density at radius 3 is 2.88 bits per heavy atom. The van der Waals surface area contributed by atoms with Crippen molar-refractivity contribution in [3.05, 3.63) is 16.1 Å². The van der Waals surface area contributed by atoms with Crippen molar-refractivity contribution in [2.45, 2.75) is 38.8 Å². The molecule has 0 bridgehead atoms. The van der Waals surface area contributed by atoms with E-state index in [0.29, 0.717) is 12.1 Å². The predicted octanol–water partition coefficient (Wildman–Crippen LogP) is 2.53. The molecule has 1 heterocycles. The average molecular weight is 240 g/mol. The lowest BCUT2D eigenvalue weighted by atomic mass is 10.1. The fourth-order valence-corrected chi connectivity index (χ4v) is 2.69. The Morgan fingerprint density at radius 1 is 1.62 bits per heavy atom. The van der Waals surface area contributed by atoms with E-state index in [1.807, 2.05) is 0 Å². The first-order valence-electron chi connectivity index (χ1n) is 5.87. The number of ether oxygens (including phenoxy) is 1. The van der Waals surface area contributed by atoms with Crippen LogP contribution in [0.3, 0.4) is 0 Å². The molecule has 0 aromatic carbocycles. The molecule has 1 aromatic rings. The molecule has 2 atom stereocenters. The standard InChI is InChI=1S/C12H20N2OS/c1-8(12-7-16-9(2)14-12)13-11(6-15-3)10-4-5-10/h7-8,10-11,13H,4-6H2,1-3H3. The van der Waals surface area contributed by atoms with E-state index in [4.69, 9.17) is 4.74 Å². The molecule has 1 saturated carbocycles. The maximum absolute atomic E-state index is 5.27. The Hall–Kier alpha value is -0.450. The van der Waals surface area contributed by atoms with Gasteiger partial charge in [0.25, 0.3) is 0 Å². The van der Waals surface area contributed by atoms with Crippen molar-refractivity contribution >= 4 is 11.3 Å². The van der Waals surface area contributed by atoms with Crippen molar-refractivity contribution in [2.24, 2.45) is 5.92 Å². The van der Waals surface area contributed by atoms with E-state index in [-0.39, 0.29) is 0 Å². The zero-order chi connectivity index (χ0) is 11.5. The zero-order valence-electron chi connectivity index (χ0n) is 10.2. The van der Waals surface area contributed by atoms with Crippen LogP contribution in [0, 0.1) is 12.8 Å². The van der Waals surface area contributed by atoms with Gasteiger partial charge in [-0.25, -0.2) is 4.98 Å². The summed E-state index contributed by atoms with van der Waals surface area (Å²) < 4.78 is 5.27. The molecule has 1 aromatic heterocycles. The molecule has 1 fully saturated rings. The minimum atomic E-state index is 0.325. The molecule has 90 valence electrons. The van der Waals surface area contributed by atoms with Gasteiger partial charge in [0.15, 0.2) is 0 Å². The zero-order valence-corrected chi connectivity index (χ0v) is 11.0. The van der Waals surface area contributed by atoms with Crippen LogP contribution in [0.1, 0.15) is 36.5 Å². The molecule has 0 saturated heterocycles. The van der Waals surface area contributed by atoms with Crippen LogP contribution in [-0.2, 0) is 4.74 Å². The summed E-state index contributed by atoms with van der Waals surface area (Å²) >= 11 is 1.71. The van der Waals surface area contributed by atoms with Crippen LogP contribution in [0.4, 0.5) is 0 Å². The number of nitrogens with zero attached hydrogens (tertiary/aromatic N) is 1. The Bertz CT molecular complexity index is 336. The van der Waals surface area contributed by atoms with Crippen LogP contribution >= 0.6 is 11.3 Å². The van der Waals surface area contributed by atoms with Gasteiger partial charge in [-0.05, 0) is 32.6 Å². The van der Waals surface area contributed by atoms with Crippen molar-refractivity contribution in [1.82, 2.24) is 10.3 Å². The van der Waals surface area contributed by atoms with E-state index in [0.717, 1.165) is 23.2 Å². The van der Waals surface area contributed by atoms with Crippen LogP contribution in [0.15, 0.2) is 5.38 Å². The molecular formula is C12H20N2OS. The Kier molecular flexibility index (Phi) is 3.95. The van der Waals surface area contributed by atoms with E-state index in [2.05, 4.69) is 29.5 Å². The molecule has 2 unspecified atom stereocenters. The number of aromatic nitrogens is 1. The molecule has 0 radical (unpaired) electrons. The summed E-state index contributed by atoms with van der Waals surface area (Å²) in [5, 5.41) is 6.91. The number of methoxy groups -OCH3 is 1. The Labute approximate surface area is 101 Å². The Balaban J connectivity index is 1.91. The van der Waals surface area contributed by atoms with Gasteiger partial charge in [0, 0.05) is 24.6 Å². The predicted molar refractivity (Wildman–Crippen MR) is 66.8 cm³/mol. The summed E-state index contributed by atoms with van der Waals surface area (Å²) in [5.74, 6) is 0.808. The molecule has 3 nitrogen and oxygen atoms in total. The normalized spacial score (nSPS) is 19.7. The smallest absolute Gasteiger partial charge is 0.0898 e. The summed E-state index contributed by atoms with van der Waals surface area (Å²) in [4.78, 5) is 4.52. The largest absolute Gasteiger partial charge is 0.383 e. The van der Waals surface area contributed by atoms with Gasteiger partial charge in [-0.2, -0.15) is 0 Å². The third kappa shape index (κ3) is 3.03. The van der Waals surface area contributed by atoms with Crippen LogP contribution in [0.5, 0.6) is 0 Å². The van der Waals surface area contributed by atoms with Gasteiger partial charge in [-0.3, -0.25) is 0 Å². The first kappa shape index (κ1) is 12.0. The van der Waals surface area contributed by atoms with Gasteiger partial charge in [-0.15, -0.1) is 11.3 Å². The second kappa shape index (κ2) is 5.25. The van der Waals surface area contributed by atoms with Gasteiger partial charge in [0.05, 0.1) is 17.3 Å². The second-order valence-electron chi connectivity index (χ2n) is 4.58. The highest BCUT2D eigenvalue weighted by Gasteiger charge is 2.32. The minimum Gasteiger partial charge on any atom is -0.383 e.